The van der Waals surface area contributed by atoms with Gasteiger partial charge in [-0.2, -0.15) is 0 Å². The van der Waals surface area contributed by atoms with E-state index in [1.165, 1.54) is 6.92 Å². The average Bonchev–Trinajstić information content (AvgIpc) is 2.93. The molecule has 1 amide bonds. The number of nitrogens with two attached hydrogens (primary N) is 3. The van der Waals surface area contributed by atoms with E-state index in [4.69, 9.17) is 17.2 Å². The second-order valence-corrected chi connectivity index (χ2v) is 7.96. The summed E-state index contributed by atoms with van der Waals surface area (Å²) >= 11 is 1.03. The topological polar surface area (TPSA) is 133 Å². The van der Waals surface area contributed by atoms with Gasteiger partial charge in [0.05, 0.1) is 11.4 Å². The lowest BCUT2D eigenvalue weighted by Gasteiger charge is -2.17. The first-order valence-corrected chi connectivity index (χ1v) is 8.70. The molecule has 2 heterocycles. The fraction of sp³-hybridized carbons (Fsp3) is 0.545. The van der Waals surface area contributed by atoms with Crippen molar-refractivity contribution in [2.75, 3.05) is 29.5 Å². The maximum absolute atomic E-state index is 12.2. The van der Waals surface area contributed by atoms with Crippen molar-refractivity contribution in [1.82, 2.24) is 0 Å². The number of thiophene rings is 1. The molecule has 0 aliphatic carbocycles. The summed E-state index contributed by atoms with van der Waals surface area (Å²) < 4.78 is 24.5. The van der Waals surface area contributed by atoms with Crippen molar-refractivity contribution in [1.29, 1.82) is 0 Å². The maximum atomic E-state index is 12.2. The molecule has 9 heteroatoms. The number of rotatable bonds is 4. The molecule has 6 N–H and O–H groups in total. The van der Waals surface area contributed by atoms with Crippen LogP contribution in [0.4, 0.5) is 10.7 Å². The van der Waals surface area contributed by atoms with Crippen LogP contribution in [-0.4, -0.2) is 39.2 Å². The molecule has 20 heavy (non-hydrogen) atoms. The second-order valence-electron chi connectivity index (χ2n) is 4.74. The van der Waals surface area contributed by atoms with Crippen molar-refractivity contribution in [3.8, 4) is 0 Å². The predicted molar refractivity (Wildman–Crippen MR) is 79.8 cm³/mol. The Morgan fingerprint density at radius 2 is 2.15 bits per heavy atom. The fourth-order valence-corrected chi connectivity index (χ4v) is 4.92. The van der Waals surface area contributed by atoms with Gasteiger partial charge < -0.3 is 22.1 Å². The predicted octanol–water partition coefficient (Wildman–Crippen LogP) is -0.240. The van der Waals surface area contributed by atoms with Crippen LogP contribution in [0.2, 0.25) is 0 Å². The highest BCUT2D eigenvalue weighted by Crippen LogP contribution is 2.42. The third-order valence-corrected chi connectivity index (χ3v) is 6.51. The van der Waals surface area contributed by atoms with Gasteiger partial charge in [0.25, 0.3) is 5.91 Å². The van der Waals surface area contributed by atoms with E-state index in [2.05, 4.69) is 0 Å². The number of primary amides is 1. The summed E-state index contributed by atoms with van der Waals surface area (Å²) in [4.78, 5) is 13.4. The van der Waals surface area contributed by atoms with Gasteiger partial charge in [0.1, 0.15) is 14.8 Å². The standard InChI is InChI=1S/C11H18N4O3S2/c1-2-20(17,18)9-7(13)8(10(14)16)19-11(9)15-4-3-6(12)5-15/h6H,2-5,12-13H2,1H3,(H2,14,16). The Kier molecular flexibility index (Phi) is 3.94. The van der Waals surface area contributed by atoms with E-state index < -0.39 is 15.7 Å². The molecule has 0 saturated carbocycles. The van der Waals surface area contributed by atoms with E-state index in [0.29, 0.717) is 18.1 Å². The second kappa shape index (κ2) is 5.23. The third-order valence-electron chi connectivity index (χ3n) is 3.31. The van der Waals surface area contributed by atoms with E-state index >= 15 is 0 Å². The molecular weight excluding hydrogens is 300 g/mol. The first-order valence-electron chi connectivity index (χ1n) is 6.23. The molecule has 1 aromatic rings. The number of hydrogen-bond acceptors (Lipinski definition) is 7. The summed E-state index contributed by atoms with van der Waals surface area (Å²) in [5.74, 6) is -0.797. The van der Waals surface area contributed by atoms with Crippen LogP contribution in [-0.2, 0) is 9.84 Å². The lowest BCUT2D eigenvalue weighted by atomic mass is 10.3. The molecular formula is C11H18N4O3S2. The SMILES string of the molecule is CCS(=O)(=O)c1c(N2CCC(N)C2)sc(C(N)=O)c1N. The minimum Gasteiger partial charge on any atom is -0.396 e. The fourth-order valence-electron chi connectivity index (χ4n) is 2.22. The molecule has 1 unspecified atom stereocenters. The highest BCUT2D eigenvalue weighted by atomic mass is 32.2. The highest BCUT2D eigenvalue weighted by Gasteiger charge is 2.32. The molecule has 1 aliphatic heterocycles. The van der Waals surface area contributed by atoms with Gasteiger partial charge in [0, 0.05) is 19.1 Å². The Hall–Kier alpha value is -1.32. The van der Waals surface area contributed by atoms with Crippen LogP contribution >= 0.6 is 11.3 Å². The molecule has 112 valence electrons. The molecule has 0 radical (unpaired) electrons. The normalized spacial score (nSPS) is 19.5. The first-order chi connectivity index (χ1) is 9.27. The number of amides is 1. The summed E-state index contributed by atoms with van der Waals surface area (Å²) in [5.41, 5.74) is 16.9. The number of carbonyl (C=O) groups is 1. The Labute approximate surface area is 121 Å². The number of carbonyl (C=O) groups excluding carboxylic acids is 1. The van der Waals surface area contributed by atoms with Gasteiger partial charge in [-0.05, 0) is 6.42 Å². The van der Waals surface area contributed by atoms with E-state index in [0.717, 1.165) is 17.8 Å². The summed E-state index contributed by atoms with van der Waals surface area (Å²) in [5, 5.41) is 0.478. The molecule has 1 atom stereocenters. The number of anilines is 2. The largest absolute Gasteiger partial charge is 0.396 e. The minimum absolute atomic E-state index is 0.00691. The maximum Gasteiger partial charge on any atom is 0.261 e. The summed E-state index contributed by atoms with van der Waals surface area (Å²) in [6.07, 6.45) is 0.773. The van der Waals surface area contributed by atoms with Gasteiger partial charge in [-0.3, -0.25) is 4.79 Å². The Morgan fingerprint density at radius 1 is 1.50 bits per heavy atom. The van der Waals surface area contributed by atoms with Gasteiger partial charge in [0.2, 0.25) is 0 Å². The van der Waals surface area contributed by atoms with Crippen LogP contribution in [0.3, 0.4) is 0 Å². The zero-order valence-electron chi connectivity index (χ0n) is 11.1. The van der Waals surface area contributed by atoms with E-state index in [9.17, 15) is 13.2 Å². The summed E-state index contributed by atoms with van der Waals surface area (Å²) in [7, 11) is -3.53. The van der Waals surface area contributed by atoms with Crippen LogP contribution in [0.25, 0.3) is 0 Å². The summed E-state index contributed by atoms with van der Waals surface area (Å²) in [6, 6.07) is -0.00691. The molecule has 0 aromatic carbocycles. The molecule has 1 aliphatic rings. The van der Waals surface area contributed by atoms with Gasteiger partial charge in [-0.25, -0.2) is 8.42 Å². The van der Waals surface area contributed by atoms with Crippen molar-refractivity contribution in [2.24, 2.45) is 11.5 Å². The van der Waals surface area contributed by atoms with Gasteiger partial charge in [0.15, 0.2) is 9.84 Å². The molecule has 1 aromatic heterocycles. The smallest absolute Gasteiger partial charge is 0.261 e. The van der Waals surface area contributed by atoms with E-state index in [1.807, 2.05) is 4.90 Å². The van der Waals surface area contributed by atoms with Gasteiger partial charge in [-0.1, -0.05) is 6.92 Å². The van der Waals surface area contributed by atoms with Crippen molar-refractivity contribution < 1.29 is 13.2 Å². The van der Waals surface area contributed by atoms with Crippen LogP contribution in [0, 0.1) is 0 Å². The molecule has 0 spiro atoms. The van der Waals surface area contributed by atoms with Gasteiger partial charge >= 0.3 is 0 Å². The van der Waals surface area contributed by atoms with Gasteiger partial charge in [-0.15, -0.1) is 11.3 Å². The number of nitrogens with zero attached hydrogens (tertiary/aromatic N) is 1. The van der Waals surface area contributed by atoms with Crippen molar-refractivity contribution in [3.05, 3.63) is 4.88 Å². The Balaban J connectivity index is 2.61. The Bertz CT molecular complexity index is 638. The quantitative estimate of drug-likeness (QED) is 0.702. The zero-order chi connectivity index (χ0) is 15.1. The monoisotopic (exact) mass is 318 g/mol. The first kappa shape index (κ1) is 15.1. The van der Waals surface area contributed by atoms with Crippen molar-refractivity contribution >= 4 is 37.8 Å². The molecule has 1 fully saturated rings. The molecule has 7 nitrogen and oxygen atoms in total. The molecule has 0 bridgehead atoms. The number of hydrogen-bond donors (Lipinski definition) is 3. The number of sulfone groups is 1. The lowest BCUT2D eigenvalue weighted by Crippen LogP contribution is -2.26. The van der Waals surface area contributed by atoms with E-state index in [1.54, 1.807) is 0 Å². The lowest BCUT2D eigenvalue weighted by molar-refractivity contribution is 0.100. The minimum atomic E-state index is -3.53. The van der Waals surface area contributed by atoms with Crippen LogP contribution in [0.5, 0.6) is 0 Å². The third kappa shape index (κ3) is 2.48. The highest BCUT2D eigenvalue weighted by molar-refractivity contribution is 7.92. The average molecular weight is 318 g/mol. The Morgan fingerprint density at radius 3 is 2.60 bits per heavy atom. The van der Waals surface area contributed by atoms with E-state index in [-0.39, 0.29) is 27.3 Å². The molecule has 2 rings (SSSR count). The molecule has 1 saturated heterocycles. The van der Waals surface area contributed by atoms with Crippen LogP contribution in [0.1, 0.15) is 23.0 Å². The number of nitrogen functional groups attached to an aromatic ring is 1. The summed E-state index contributed by atoms with van der Waals surface area (Å²) in [6.45, 7) is 2.73. The van der Waals surface area contributed by atoms with Crippen LogP contribution in [0.15, 0.2) is 4.90 Å². The van der Waals surface area contributed by atoms with Crippen LogP contribution < -0.4 is 22.1 Å². The van der Waals surface area contributed by atoms with Crippen molar-refractivity contribution in [2.45, 2.75) is 24.3 Å². The van der Waals surface area contributed by atoms with Crippen molar-refractivity contribution in [3.63, 3.8) is 0 Å². The zero-order valence-corrected chi connectivity index (χ0v) is 12.8.